The molecule has 0 aromatic carbocycles. The predicted octanol–water partition coefficient (Wildman–Crippen LogP) is 4.25. The van der Waals surface area contributed by atoms with E-state index in [-0.39, 0.29) is 0 Å². The summed E-state index contributed by atoms with van der Waals surface area (Å²) >= 11 is 0. The fraction of sp³-hybridized carbons (Fsp3) is 1.00. The maximum Gasteiger partial charge on any atom is -0.0290 e. The van der Waals surface area contributed by atoms with Gasteiger partial charge in [0.15, 0.2) is 0 Å². The summed E-state index contributed by atoms with van der Waals surface area (Å²) in [5.41, 5.74) is 1.29. The van der Waals surface area contributed by atoms with Crippen LogP contribution >= 0.6 is 0 Å². The lowest BCUT2D eigenvalue weighted by Crippen LogP contribution is -2.15. The molecule has 1 aliphatic carbocycles. The molecule has 0 bridgehead atoms. The van der Waals surface area contributed by atoms with E-state index in [0.29, 0.717) is 5.41 Å². The summed E-state index contributed by atoms with van der Waals surface area (Å²) in [5.74, 6) is 0.884. The second-order valence-electron chi connectivity index (χ2n) is 6.34. The van der Waals surface area contributed by atoms with Gasteiger partial charge in [-0.3, -0.25) is 0 Å². The van der Waals surface area contributed by atoms with Crippen LogP contribution in [-0.4, -0.2) is 0 Å². The van der Waals surface area contributed by atoms with Crippen LogP contribution in [-0.2, 0) is 0 Å². The van der Waals surface area contributed by atoms with Gasteiger partial charge >= 0.3 is 0 Å². The Hall–Kier alpha value is 0. The molecule has 0 N–H and O–H groups in total. The molecule has 0 aromatic heterocycles. The number of hydrogen-bond donors (Lipinski definition) is 0. The van der Waals surface area contributed by atoms with Crippen LogP contribution in [0.5, 0.6) is 0 Å². The lowest BCUT2D eigenvalue weighted by molar-refractivity contribution is 0.244. The average Bonchev–Trinajstić information content (AvgIpc) is 2.40. The van der Waals surface area contributed by atoms with E-state index in [4.69, 9.17) is 0 Å². The zero-order valence-corrected chi connectivity index (χ0v) is 9.41. The van der Waals surface area contributed by atoms with Gasteiger partial charge < -0.3 is 0 Å². The first-order valence-corrected chi connectivity index (χ1v) is 5.33. The topological polar surface area (TPSA) is 0 Å². The molecule has 0 heterocycles. The molecule has 1 saturated carbocycles. The molecule has 0 radical (unpaired) electrons. The normalized spacial score (nSPS) is 21.5. The number of hydrogen-bond acceptors (Lipinski definition) is 0. The lowest BCUT2D eigenvalue weighted by atomic mass is 9.79. The minimum Gasteiger partial charge on any atom is -0.0628 e. The van der Waals surface area contributed by atoms with Gasteiger partial charge in [-0.15, -0.1) is 0 Å². The zero-order valence-electron chi connectivity index (χ0n) is 9.41. The maximum absolute atomic E-state index is 2.37. The minimum atomic E-state index is 0.533. The first-order valence-electron chi connectivity index (χ1n) is 5.33. The summed E-state index contributed by atoms with van der Waals surface area (Å²) in [5, 5.41) is 0. The first kappa shape index (κ1) is 10.1. The highest BCUT2D eigenvalue weighted by atomic mass is 14.5. The van der Waals surface area contributed by atoms with Gasteiger partial charge in [0.25, 0.3) is 0 Å². The van der Waals surface area contributed by atoms with Crippen molar-refractivity contribution in [1.82, 2.24) is 0 Å². The van der Waals surface area contributed by atoms with Crippen LogP contribution in [0.1, 0.15) is 60.3 Å². The van der Waals surface area contributed by atoms with Gasteiger partial charge in [-0.2, -0.15) is 0 Å². The molecule has 0 atom stereocenters. The summed E-state index contributed by atoms with van der Waals surface area (Å²) in [6.07, 6.45) is 5.85. The molecular weight excluding hydrogens is 144 g/mol. The van der Waals surface area contributed by atoms with Gasteiger partial charge in [0.05, 0.1) is 0 Å². The summed E-state index contributed by atoms with van der Waals surface area (Å²) in [6.45, 7) is 11.8. The lowest BCUT2D eigenvalue weighted by Gasteiger charge is -2.26. The molecule has 0 saturated heterocycles. The third kappa shape index (κ3) is 3.16. The van der Waals surface area contributed by atoms with Crippen LogP contribution in [0.3, 0.4) is 0 Å². The van der Waals surface area contributed by atoms with Crippen LogP contribution in [0.2, 0.25) is 0 Å². The highest BCUT2D eigenvalue weighted by molar-refractivity contribution is 4.96. The largest absolute Gasteiger partial charge is 0.0628 e. The molecule has 12 heavy (non-hydrogen) atoms. The molecule has 1 aliphatic rings. The average molecular weight is 168 g/mol. The molecule has 1 fully saturated rings. The van der Waals surface area contributed by atoms with Crippen molar-refractivity contribution >= 4 is 0 Å². The van der Waals surface area contributed by atoms with Crippen LogP contribution in [0, 0.1) is 16.7 Å². The van der Waals surface area contributed by atoms with E-state index in [0.717, 1.165) is 11.3 Å². The highest BCUT2D eigenvalue weighted by Crippen LogP contribution is 2.57. The molecule has 0 spiro atoms. The maximum atomic E-state index is 2.37. The van der Waals surface area contributed by atoms with E-state index >= 15 is 0 Å². The standard InChI is InChI=1S/C12H24/c1-10(2)8-12(6-7-12)9-11(3,4)5/h10H,6-9H2,1-5H3. The van der Waals surface area contributed by atoms with Crippen molar-refractivity contribution in [2.75, 3.05) is 0 Å². The Morgan fingerprint density at radius 1 is 1.17 bits per heavy atom. The van der Waals surface area contributed by atoms with Crippen molar-refractivity contribution in [3.05, 3.63) is 0 Å². The van der Waals surface area contributed by atoms with Crippen molar-refractivity contribution in [2.24, 2.45) is 16.7 Å². The van der Waals surface area contributed by atoms with Crippen LogP contribution < -0.4 is 0 Å². The third-order valence-electron chi connectivity index (χ3n) is 2.70. The smallest absolute Gasteiger partial charge is 0.0290 e. The van der Waals surface area contributed by atoms with E-state index in [1.807, 2.05) is 0 Å². The molecule has 0 unspecified atom stereocenters. The molecule has 0 aromatic rings. The molecule has 0 aliphatic heterocycles. The molecule has 0 heteroatoms. The van der Waals surface area contributed by atoms with E-state index in [1.54, 1.807) is 0 Å². The number of rotatable bonds is 3. The second kappa shape index (κ2) is 3.05. The fourth-order valence-corrected chi connectivity index (χ4v) is 2.62. The van der Waals surface area contributed by atoms with Crippen LogP contribution in [0.15, 0.2) is 0 Å². The van der Waals surface area contributed by atoms with Crippen LogP contribution in [0.4, 0.5) is 0 Å². The minimum absolute atomic E-state index is 0.533. The Morgan fingerprint density at radius 2 is 1.67 bits per heavy atom. The third-order valence-corrected chi connectivity index (χ3v) is 2.70. The van der Waals surface area contributed by atoms with Crippen molar-refractivity contribution < 1.29 is 0 Å². The van der Waals surface area contributed by atoms with Gasteiger partial charge in [0.2, 0.25) is 0 Å². The van der Waals surface area contributed by atoms with Gasteiger partial charge in [-0.05, 0) is 42.4 Å². The van der Waals surface area contributed by atoms with Gasteiger partial charge in [-0.25, -0.2) is 0 Å². The summed E-state index contributed by atoms with van der Waals surface area (Å²) in [7, 11) is 0. The molecular formula is C12H24. The summed E-state index contributed by atoms with van der Waals surface area (Å²) in [4.78, 5) is 0. The fourth-order valence-electron chi connectivity index (χ4n) is 2.62. The summed E-state index contributed by atoms with van der Waals surface area (Å²) in [6, 6.07) is 0. The van der Waals surface area contributed by atoms with E-state index in [9.17, 15) is 0 Å². The molecule has 0 nitrogen and oxygen atoms in total. The van der Waals surface area contributed by atoms with Crippen LogP contribution in [0.25, 0.3) is 0 Å². The molecule has 72 valence electrons. The molecule has 0 amide bonds. The predicted molar refractivity (Wildman–Crippen MR) is 55.2 cm³/mol. The van der Waals surface area contributed by atoms with Crippen molar-refractivity contribution in [3.8, 4) is 0 Å². The van der Waals surface area contributed by atoms with E-state index in [1.165, 1.54) is 25.7 Å². The van der Waals surface area contributed by atoms with E-state index < -0.39 is 0 Å². The zero-order chi connectivity index (χ0) is 9.41. The monoisotopic (exact) mass is 168 g/mol. The van der Waals surface area contributed by atoms with Gasteiger partial charge in [0, 0.05) is 0 Å². The quantitative estimate of drug-likeness (QED) is 0.591. The highest BCUT2D eigenvalue weighted by Gasteiger charge is 2.44. The second-order valence-corrected chi connectivity index (χ2v) is 6.34. The van der Waals surface area contributed by atoms with Crippen molar-refractivity contribution in [3.63, 3.8) is 0 Å². The Morgan fingerprint density at radius 3 is 1.92 bits per heavy atom. The Balaban J connectivity index is 2.40. The molecule has 1 rings (SSSR count). The first-order chi connectivity index (χ1) is 5.33. The van der Waals surface area contributed by atoms with Gasteiger partial charge in [0.1, 0.15) is 0 Å². The SMILES string of the molecule is CC(C)CC1(CC(C)(C)C)CC1. The van der Waals surface area contributed by atoms with E-state index in [2.05, 4.69) is 34.6 Å². The Kier molecular flexibility index (Phi) is 2.56. The van der Waals surface area contributed by atoms with Gasteiger partial charge in [-0.1, -0.05) is 34.6 Å². The van der Waals surface area contributed by atoms with Crippen molar-refractivity contribution in [1.29, 1.82) is 0 Å². The Bertz CT molecular complexity index is 144. The summed E-state index contributed by atoms with van der Waals surface area (Å²) < 4.78 is 0. The van der Waals surface area contributed by atoms with Crippen molar-refractivity contribution in [2.45, 2.75) is 60.3 Å². The Labute approximate surface area is 77.7 Å².